The van der Waals surface area contributed by atoms with E-state index >= 15 is 0 Å². The first-order valence-electron chi connectivity index (χ1n) is 25.6. The van der Waals surface area contributed by atoms with E-state index in [4.69, 9.17) is 4.74 Å². The van der Waals surface area contributed by atoms with Crippen LogP contribution in [0.15, 0.2) is 267 Å². The highest BCUT2D eigenvalue weighted by atomic mass is 16.5. The van der Waals surface area contributed by atoms with Crippen LogP contribution in [0.2, 0.25) is 0 Å². The average molecular weight is 957 g/mol. The molecule has 0 spiro atoms. The Hall–Kier alpha value is -9.96. The first-order valence-corrected chi connectivity index (χ1v) is 25.6. The van der Waals surface area contributed by atoms with Gasteiger partial charge in [-0.15, -0.1) is 0 Å². The van der Waals surface area contributed by atoms with Crippen LogP contribution in [-0.4, -0.2) is 9.13 Å². The van der Waals surface area contributed by atoms with E-state index in [9.17, 15) is 0 Å². The van der Waals surface area contributed by atoms with E-state index in [1.54, 1.807) is 0 Å². The molecule has 2 heterocycles. The summed E-state index contributed by atoms with van der Waals surface area (Å²) in [5.41, 5.74) is 16.4. The van der Waals surface area contributed by atoms with Crippen LogP contribution in [0.5, 0.6) is 11.5 Å². The van der Waals surface area contributed by atoms with Crippen molar-refractivity contribution in [2.24, 2.45) is 0 Å². The number of benzene rings is 12. The molecule has 0 radical (unpaired) electrons. The molecule has 0 unspecified atom stereocenters. The van der Waals surface area contributed by atoms with Crippen LogP contribution in [0.3, 0.4) is 0 Å². The molecule has 0 aliphatic carbocycles. The third kappa shape index (κ3) is 7.95. The summed E-state index contributed by atoms with van der Waals surface area (Å²) < 4.78 is 11.4. The third-order valence-electron chi connectivity index (χ3n) is 14.8. The summed E-state index contributed by atoms with van der Waals surface area (Å²) in [5.74, 6) is 1.58. The first-order chi connectivity index (χ1) is 37.2. The van der Waals surface area contributed by atoms with Gasteiger partial charge in [0, 0.05) is 32.3 Å². The van der Waals surface area contributed by atoms with E-state index in [-0.39, 0.29) is 0 Å². The number of rotatable bonds is 10. The van der Waals surface area contributed by atoms with Gasteiger partial charge in [0.1, 0.15) is 11.5 Å². The van der Waals surface area contributed by atoms with Crippen molar-refractivity contribution in [1.82, 2.24) is 9.13 Å². The maximum atomic E-state index is 6.51. The molecule has 2 aromatic heterocycles. The van der Waals surface area contributed by atoms with Crippen LogP contribution in [0.25, 0.3) is 123 Å². The number of aromatic nitrogens is 2. The molecule has 0 saturated carbocycles. The Kier molecular flexibility index (Phi) is 10.8. The van der Waals surface area contributed by atoms with Gasteiger partial charge in [-0.05, 0) is 128 Å². The van der Waals surface area contributed by atoms with Gasteiger partial charge in [0.05, 0.1) is 33.4 Å². The van der Waals surface area contributed by atoms with Gasteiger partial charge in [-0.1, -0.05) is 218 Å². The molecule has 0 amide bonds. The SMILES string of the molecule is C(=Cc1ccc2c(c1)c1ccccc1n2-c1ccc(-c2ccc(Oc3ccc(-c4ccc(-n5c6ccccc6c6cc(C=Cc7ccccc7)ccc65)c5ccccc45)cc3)cc2)c2ccccc12)c1ccccc1. The van der Waals surface area contributed by atoms with Gasteiger partial charge < -0.3 is 13.9 Å². The maximum Gasteiger partial charge on any atom is 0.127 e. The van der Waals surface area contributed by atoms with Crippen molar-refractivity contribution < 1.29 is 4.74 Å². The molecule has 14 rings (SSSR count). The highest BCUT2D eigenvalue weighted by Gasteiger charge is 2.18. The lowest BCUT2D eigenvalue weighted by molar-refractivity contribution is 0.483. The fourth-order valence-corrected chi connectivity index (χ4v) is 11.2. The summed E-state index contributed by atoms with van der Waals surface area (Å²) in [6, 6.07) is 95.7. The topological polar surface area (TPSA) is 19.1 Å². The largest absolute Gasteiger partial charge is 0.457 e. The number of fused-ring (bicyclic) bond motifs is 8. The van der Waals surface area contributed by atoms with Crippen molar-refractivity contribution in [3.05, 3.63) is 289 Å². The number of hydrogen-bond acceptors (Lipinski definition) is 1. The van der Waals surface area contributed by atoms with Crippen molar-refractivity contribution in [3.63, 3.8) is 0 Å². The lowest BCUT2D eigenvalue weighted by atomic mass is 9.96. The van der Waals surface area contributed by atoms with Crippen molar-refractivity contribution >= 4 is 89.5 Å². The zero-order valence-corrected chi connectivity index (χ0v) is 41.0. The van der Waals surface area contributed by atoms with Crippen molar-refractivity contribution in [2.45, 2.75) is 0 Å². The Labute approximate surface area is 435 Å². The van der Waals surface area contributed by atoms with Gasteiger partial charge in [0.2, 0.25) is 0 Å². The number of para-hydroxylation sites is 2. The smallest absolute Gasteiger partial charge is 0.127 e. The Morgan fingerprint density at radius 1 is 0.240 bits per heavy atom. The van der Waals surface area contributed by atoms with Gasteiger partial charge in [-0.25, -0.2) is 0 Å². The average Bonchev–Trinajstić information content (AvgIpc) is 3.99. The van der Waals surface area contributed by atoms with E-state index in [2.05, 4.69) is 300 Å². The summed E-state index contributed by atoms with van der Waals surface area (Å²) in [7, 11) is 0. The lowest BCUT2D eigenvalue weighted by Crippen LogP contribution is -1.96. The summed E-state index contributed by atoms with van der Waals surface area (Å²) in [6.45, 7) is 0. The van der Waals surface area contributed by atoms with Crippen molar-refractivity contribution in [1.29, 1.82) is 0 Å². The van der Waals surface area contributed by atoms with Crippen LogP contribution in [0.4, 0.5) is 0 Å². The Morgan fingerprint density at radius 2 is 0.587 bits per heavy atom. The van der Waals surface area contributed by atoms with Crippen LogP contribution in [0.1, 0.15) is 22.3 Å². The van der Waals surface area contributed by atoms with Crippen molar-refractivity contribution in [3.8, 4) is 45.1 Å². The second kappa shape index (κ2) is 18.6. The minimum absolute atomic E-state index is 0.788. The highest BCUT2D eigenvalue weighted by Crippen LogP contribution is 2.41. The molecule has 0 saturated heterocycles. The predicted octanol–water partition coefficient (Wildman–Crippen LogP) is 19.7. The van der Waals surface area contributed by atoms with Crippen LogP contribution in [-0.2, 0) is 0 Å². The van der Waals surface area contributed by atoms with E-state index in [0.717, 1.165) is 34.0 Å². The van der Waals surface area contributed by atoms with Gasteiger partial charge in [0.25, 0.3) is 0 Å². The fraction of sp³-hybridized carbons (Fsp3) is 0. The minimum atomic E-state index is 0.788. The molecule has 3 nitrogen and oxygen atoms in total. The number of hydrogen-bond donors (Lipinski definition) is 0. The molecular formula is C72H48N2O. The first kappa shape index (κ1) is 43.8. The molecule has 0 N–H and O–H groups in total. The Morgan fingerprint density at radius 3 is 1.01 bits per heavy atom. The molecule has 12 aromatic carbocycles. The molecule has 75 heavy (non-hydrogen) atoms. The summed E-state index contributed by atoms with van der Waals surface area (Å²) in [6.07, 6.45) is 8.76. The second-order valence-corrected chi connectivity index (χ2v) is 19.3. The van der Waals surface area contributed by atoms with E-state index < -0.39 is 0 Å². The molecule has 0 aliphatic heterocycles. The molecule has 352 valence electrons. The molecule has 14 aromatic rings. The third-order valence-corrected chi connectivity index (χ3v) is 14.8. The maximum absolute atomic E-state index is 6.51. The standard InChI is InChI=1S/C72H48N2O/c1-3-15-49(16-4-1)27-29-51-31-43-71-65(47-51)63-23-11-13-25-67(63)73(71)69-45-41-57(59-19-7-9-21-61(59)69)53-33-37-55(38-34-53)75-56-39-35-54(36-40-56)58-42-46-70(62-22-10-8-20-60(58)62)74-68-26-14-12-24-64(68)66-48-52(32-44-72(66)74)30-28-50-17-5-2-6-18-50/h1-48H. The van der Waals surface area contributed by atoms with Gasteiger partial charge in [0.15, 0.2) is 0 Å². The monoisotopic (exact) mass is 956 g/mol. The quantitative estimate of drug-likeness (QED) is 0.125. The molecule has 3 heteroatoms. The number of ether oxygens (including phenoxy) is 1. The predicted molar refractivity (Wildman–Crippen MR) is 318 cm³/mol. The minimum Gasteiger partial charge on any atom is -0.457 e. The van der Waals surface area contributed by atoms with E-state index in [1.165, 1.54) is 98.5 Å². The molecule has 0 aliphatic rings. The molecule has 0 bridgehead atoms. The van der Waals surface area contributed by atoms with Gasteiger partial charge in [-0.3, -0.25) is 0 Å². The van der Waals surface area contributed by atoms with Gasteiger partial charge >= 0.3 is 0 Å². The normalized spacial score (nSPS) is 11.9. The molecule has 0 fully saturated rings. The van der Waals surface area contributed by atoms with E-state index in [0.29, 0.717) is 0 Å². The van der Waals surface area contributed by atoms with E-state index in [1.807, 2.05) is 0 Å². The molecule has 0 atom stereocenters. The van der Waals surface area contributed by atoms with Gasteiger partial charge in [-0.2, -0.15) is 0 Å². The fourth-order valence-electron chi connectivity index (χ4n) is 11.2. The van der Waals surface area contributed by atoms with Crippen LogP contribution < -0.4 is 4.74 Å². The lowest BCUT2D eigenvalue weighted by Gasteiger charge is -2.16. The van der Waals surface area contributed by atoms with Crippen LogP contribution in [0, 0.1) is 0 Å². The summed E-state index contributed by atoms with van der Waals surface area (Å²) >= 11 is 0. The Balaban J connectivity index is 0.739. The number of nitrogens with zero attached hydrogens (tertiary/aromatic N) is 2. The molecular weight excluding hydrogens is 909 g/mol. The van der Waals surface area contributed by atoms with Crippen molar-refractivity contribution in [2.75, 3.05) is 0 Å². The van der Waals surface area contributed by atoms with Crippen LogP contribution >= 0.6 is 0 Å². The Bertz CT molecular complexity index is 4230. The zero-order valence-electron chi connectivity index (χ0n) is 41.0. The summed E-state index contributed by atoms with van der Waals surface area (Å²) in [5, 5.41) is 9.74. The second-order valence-electron chi connectivity index (χ2n) is 19.3. The summed E-state index contributed by atoms with van der Waals surface area (Å²) in [4.78, 5) is 0. The highest BCUT2D eigenvalue weighted by molar-refractivity contribution is 6.14. The zero-order chi connectivity index (χ0) is 49.7.